The van der Waals surface area contributed by atoms with Gasteiger partial charge in [0.1, 0.15) is 5.52 Å². The van der Waals surface area contributed by atoms with Crippen LogP contribution in [0.3, 0.4) is 0 Å². The molecular formula is C15H14N2OS. The highest BCUT2D eigenvalue weighted by Gasteiger charge is 2.11. The number of hydrogen-bond donors (Lipinski definition) is 1. The Bertz CT molecular complexity index is 732. The van der Waals surface area contributed by atoms with E-state index in [2.05, 4.69) is 4.98 Å². The van der Waals surface area contributed by atoms with Crippen LogP contribution in [0, 0.1) is 6.92 Å². The third-order valence-corrected chi connectivity index (χ3v) is 3.88. The molecule has 96 valence electrons. The highest BCUT2D eigenvalue weighted by molar-refractivity contribution is 7.98. The molecule has 0 atom stereocenters. The molecule has 0 fully saturated rings. The summed E-state index contributed by atoms with van der Waals surface area (Å²) in [7, 11) is 0. The minimum Gasteiger partial charge on any atom is -0.426 e. The molecule has 0 aliphatic rings. The second-order valence-corrected chi connectivity index (χ2v) is 5.35. The average molecular weight is 270 g/mol. The molecule has 1 N–H and O–H groups in total. The monoisotopic (exact) mass is 270 g/mol. The zero-order valence-corrected chi connectivity index (χ0v) is 11.6. The van der Waals surface area contributed by atoms with Crippen molar-refractivity contribution in [1.29, 1.82) is 0 Å². The van der Waals surface area contributed by atoms with E-state index < -0.39 is 0 Å². The van der Waals surface area contributed by atoms with E-state index in [-0.39, 0.29) is 0 Å². The first-order valence-electron chi connectivity index (χ1n) is 6.02. The maximum atomic E-state index is 10.2. The number of rotatable bonds is 2. The van der Waals surface area contributed by atoms with Gasteiger partial charge in [0.25, 0.3) is 0 Å². The van der Waals surface area contributed by atoms with E-state index in [0.717, 1.165) is 26.9 Å². The van der Waals surface area contributed by atoms with Crippen molar-refractivity contribution in [1.82, 2.24) is 9.71 Å². The second-order valence-electron chi connectivity index (χ2n) is 4.47. The fraction of sp³-hybridized carbons (Fsp3) is 0.133. The molecule has 0 saturated heterocycles. The van der Waals surface area contributed by atoms with Crippen LogP contribution in [0.5, 0.6) is 0 Å². The van der Waals surface area contributed by atoms with Crippen molar-refractivity contribution in [3.05, 3.63) is 48.0 Å². The van der Waals surface area contributed by atoms with E-state index in [9.17, 15) is 5.21 Å². The molecule has 0 radical (unpaired) electrons. The lowest BCUT2D eigenvalue weighted by molar-refractivity contribution is 0.203. The molecule has 3 nitrogen and oxygen atoms in total. The predicted octanol–water partition coefficient (Wildman–Crippen LogP) is 3.97. The lowest BCUT2D eigenvalue weighted by Crippen LogP contribution is -1.94. The fourth-order valence-corrected chi connectivity index (χ4v) is 2.51. The van der Waals surface area contributed by atoms with Crippen LogP contribution in [0.15, 0.2) is 47.4 Å². The van der Waals surface area contributed by atoms with Crippen LogP contribution in [0.2, 0.25) is 0 Å². The van der Waals surface area contributed by atoms with Gasteiger partial charge in [-0.1, -0.05) is 18.2 Å². The Kier molecular flexibility index (Phi) is 2.95. The number of thioether (sulfide) groups is 1. The summed E-state index contributed by atoms with van der Waals surface area (Å²) >= 11 is 1.69. The summed E-state index contributed by atoms with van der Waals surface area (Å²) in [5.74, 6) is 0.577. The zero-order chi connectivity index (χ0) is 13.4. The largest absolute Gasteiger partial charge is 0.426 e. The molecule has 3 rings (SSSR count). The average Bonchev–Trinajstić information content (AvgIpc) is 2.76. The number of aromatic nitrogens is 2. The molecule has 0 saturated carbocycles. The van der Waals surface area contributed by atoms with Gasteiger partial charge in [-0.3, -0.25) is 0 Å². The smallest absolute Gasteiger partial charge is 0.176 e. The minimum absolute atomic E-state index is 0.577. The molecule has 1 aromatic heterocycles. The molecule has 0 bridgehead atoms. The maximum absolute atomic E-state index is 10.2. The topological polar surface area (TPSA) is 38.0 Å². The summed E-state index contributed by atoms with van der Waals surface area (Å²) < 4.78 is 1.16. The number of hydrogen-bond acceptors (Lipinski definition) is 3. The van der Waals surface area contributed by atoms with Gasteiger partial charge in [0.15, 0.2) is 5.82 Å². The van der Waals surface area contributed by atoms with E-state index in [4.69, 9.17) is 0 Å². The Balaban J connectivity index is 2.16. The Labute approximate surface area is 115 Å². The first kappa shape index (κ1) is 12.1. The van der Waals surface area contributed by atoms with E-state index in [1.807, 2.05) is 55.6 Å². The first-order chi connectivity index (χ1) is 9.19. The van der Waals surface area contributed by atoms with Gasteiger partial charge in [-0.25, -0.2) is 4.98 Å². The van der Waals surface area contributed by atoms with Crippen LogP contribution in [0.1, 0.15) is 5.56 Å². The third kappa shape index (κ3) is 2.08. The molecule has 19 heavy (non-hydrogen) atoms. The van der Waals surface area contributed by atoms with Crippen molar-refractivity contribution in [2.75, 3.05) is 6.26 Å². The lowest BCUT2D eigenvalue weighted by Gasteiger charge is -2.02. The fourth-order valence-electron chi connectivity index (χ4n) is 2.10. The van der Waals surface area contributed by atoms with Crippen molar-refractivity contribution in [3.8, 4) is 11.4 Å². The number of aryl methyl sites for hydroxylation is 1. The van der Waals surface area contributed by atoms with Crippen LogP contribution < -0.4 is 0 Å². The summed E-state index contributed by atoms with van der Waals surface area (Å²) in [6, 6.07) is 13.9. The van der Waals surface area contributed by atoms with Crippen LogP contribution in [0.4, 0.5) is 0 Å². The molecule has 2 aromatic carbocycles. The van der Waals surface area contributed by atoms with Gasteiger partial charge in [-0.15, -0.1) is 11.8 Å². The van der Waals surface area contributed by atoms with Crippen molar-refractivity contribution < 1.29 is 5.21 Å². The van der Waals surface area contributed by atoms with Gasteiger partial charge in [0.05, 0.1) is 5.52 Å². The second kappa shape index (κ2) is 4.63. The SMILES string of the molecule is CSc1ccc(-c2nc3ccc(C)cc3n2O)cc1. The van der Waals surface area contributed by atoms with Crippen molar-refractivity contribution in [3.63, 3.8) is 0 Å². The van der Waals surface area contributed by atoms with Crippen molar-refractivity contribution >= 4 is 22.8 Å². The van der Waals surface area contributed by atoms with Crippen LogP contribution in [-0.2, 0) is 0 Å². The van der Waals surface area contributed by atoms with E-state index >= 15 is 0 Å². The van der Waals surface area contributed by atoms with Gasteiger partial charge in [-0.05, 0) is 43.0 Å². The summed E-state index contributed by atoms with van der Waals surface area (Å²) in [4.78, 5) is 5.68. The third-order valence-electron chi connectivity index (χ3n) is 3.13. The molecule has 1 heterocycles. The number of fused-ring (bicyclic) bond motifs is 1. The molecule has 0 aliphatic heterocycles. The molecule has 0 unspecified atom stereocenters. The number of benzene rings is 2. The van der Waals surface area contributed by atoms with Gasteiger partial charge in [-0.2, -0.15) is 4.73 Å². The zero-order valence-electron chi connectivity index (χ0n) is 10.8. The van der Waals surface area contributed by atoms with E-state index in [1.54, 1.807) is 11.8 Å². The standard InChI is InChI=1S/C15H14N2OS/c1-10-3-8-13-14(9-10)17(18)15(16-13)11-4-6-12(19-2)7-5-11/h3-9,18H,1-2H3. The van der Waals surface area contributed by atoms with Gasteiger partial charge < -0.3 is 5.21 Å². The normalized spacial score (nSPS) is 11.1. The van der Waals surface area contributed by atoms with E-state index in [1.165, 1.54) is 4.90 Å². The van der Waals surface area contributed by atoms with Crippen LogP contribution >= 0.6 is 11.8 Å². The molecule has 4 heteroatoms. The molecule has 0 aliphatic carbocycles. The minimum atomic E-state index is 0.577. The quantitative estimate of drug-likeness (QED) is 0.565. The molecular weight excluding hydrogens is 256 g/mol. The lowest BCUT2D eigenvalue weighted by atomic mass is 10.2. The highest BCUT2D eigenvalue weighted by Crippen LogP contribution is 2.25. The summed E-state index contributed by atoms with van der Waals surface area (Å²) in [6.07, 6.45) is 2.04. The highest BCUT2D eigenvalue weighted by atomic mass is 32.2. The van der Waals surface area contributed by atoms with Crippen LogP contribution in [-0.4, -0.2) is 21.2 Å². The molecule has 3 aromatic rings. The van der Waals surface area contributed by atoms with Gasteiger partial charge in [0, 0.05) is 10.5 Å². The Morgan fingerprint density at radius 3 is 2.53 bits per heavy atom. The summed E-state index contributed by atoms with van der Waals surface area (Å²) in [6.45, 7) is 2.00. The Morgan fingerprint density at radius 2 is 1.84 bits per heavy atom. The van der Waals surface area contributed by atoms with Crippen molar-refractivity contribution in [2.45, 2.75) is 11.8 Å². The maximum Gasteiger partial charge on any atom is 0.176 e. The summed E-state index contributed by atoms with van der Waals surface area (Å²) in [5.41, 5.74) is 3.56. The first-order valence-corrected chi connectivity index (χ1v) is 7.24. The Hall–Kier alpha value is -1.94. The van der Waals surface area contributed by atoms with Gasteiger partial charge >= 0.3 is 0 Å². The molecule has 0 spiro atoms. The van der Waals surface area contributed by atoms with Crippen LogP contribution in [0.25, 0.3) is 22.4 Å². The Morgan fingerprint density at radius 1 is 1.11 bits per heavy atom. The number of nitrogens with zero attached hydrogens (tertiary/aromatic N) is 2. The summed E-state index contributed by atoms with van der Waals surface area (Å²) in [5, 5.41) is 10.2. The predicted molar refractivity (Wildman–Crippen MR) is 78.9 cm³/mol. The van der Waals surface area contributed by atoms with E-state index in [0.29, 0.717) is 5.82 Å². The molecule has 0 amide bonds. The van der Waals surface area contributed by atoms with Gasteiger partial charge in [0.2, 0.25) is 0 Å². The van der Waals surface area contributed by atoms with Crippen molar-refractivity contribution in [2.24, 2.45) is 0 Å². The number of imidazole rings is 1.